The maximum absolute atomic E-state index is 14.3. The van der Waals surface area contributed by atoms with Crippen molar-refractivity contribution in [1.29, 1.82) is 0 Å². The average molecular weight is 669 g/mol. The first kappa shape index (κ1) is 31.3. The van der Waals surface area contributed by atoms with E-state index in [0.29, 0.717) is 5.02 Å². The van der Waals surface area contributed by atoms with E-state index in [0.717, 1.165) is 25.5 Å². The van der Waals surface area contributed by atoms with Gasteiger partial charge in [-0.05, 0) is 60.5 Å². The summed E-state index contributed by atoms with van der Waals surface area (Å²) >= 11 is 9.73. The molecule has 0 aromatic heterocycles. The number of nitrogens with one attached hydrogen (secondary N) is 1. The lowest BCUT2D eigenvalue weighted by Gasteiger charge is -2.33. The Balaban J connectivity index is 1.79. The second-order valence-corrected chi connectivity index (χ2v) is 13.0. The molecule has 0 fully saturated rings. The Hall–Kier alpha value is -3.66. The predicted octanol–water partition coefficient (Wildman–Crippen LogP) is 5.99. The number of sulfonamides is 1. The van der Waals surface area contributed by atoms with E-state index in [4.69, 9.17) is 11.6 Å². The van der Waals surface area contributed by atoms with E-state index < -0.39 is 28.5 Å². The van der Waals surface area contributed by atoms with Gasteiger partial charge in [0.15, 0.2) is 0 Å². The summed E-state index contributed by atoms with van der Waals surface area (Å²) < 4.78 is 29.8. The number of hydrogen-bond acceptors (Lipinski definition) is 4. The standard InChI is InChI=1S/C32H31BrClN3O4S/c1-23-14-16-29(17-15-23)42(40,41)37(28-13-7-12-27(34)20-28)22-31(38)36(21-25-10-6-11-26(33)18-25)30(32(39)35-2)19-24-8-4-3-5-9-24/h3-18,20,30H,19,21-22H2,1-2H3,(H,35,39)/t30-/m1/s1. The highest BCUT2D eigenvalue weighted by Gasteiger charge is 2.34. The summed E-state index contributed by atoms with van der Waals surface area (Å²) in [5, 5.41) is 3.00. The van der Waals surface area contributed by atoms with Gasteiger partial charge in [-0.2, -0.15) is 0 Å². The lowest BCUT2D eigenvalue weighted by molar-refractivity contribution is -0.139. The van der Waals surface area contributed by atoms with Gasteiger partial charge in [-0.15, -0.1) is 0 Å². The molecule has 0 aliphatic heterocycles. The molecule has 42 heavy (non-hydrogen) atoms. The summed E-state index contributed by atoms with van der Waals surface area (Å²) in [7, 11) is -2.67. The molecule has 4 aromatic carbocycles. The van der Waals surface area contributed by atoms with Crippen molar-refractivity contribution < 1.29 is 18.0 Å². The monoisotopic (exact) mass is 667 g/mol. The topological polar surface area (TPSA) is 86.8 Å². The number of hydrogen-bond donors (Lipinski definition) is 1. The van der Waals surface area contributed by atoms with E-state index >= 15 is 0 Å². The molecule has 0 saturated carbocycles. The van der Waals surface area contributed by atoms with Crippen molar-refractivity contribution in [3.63, 3.8) is 0 Å². The van der Waals surface area contributed by atoms with E-state index in [9.17, 15) is 18.0 Å². The van der Waals surface area contributed by atoms with Crippen molar-refractivity contribution >= 4 is 55.1 Å². The van der Waals surface area contributed by atoms with Crippen LogP contribution in [-0.2, 0) is 32.6 Å². The molecular formula is C32H31BrClN3O4S. The van der Waals surface area contributed by atoms with E-state index in [1.165, 1.54) is 30.1 Å². The lowest BCUT2D eigenvalue weighted by atomic mass is 10.0. The van der Waals surface area contributed by atoms with Crippen molar-refractivity contribution in [2.45, 2.75) is 30.8 Å². The Morgan fingerprint density at radius 1 is 0.881 bits per heavy atom. The number of anilines is 1. The Bertz CT molecular complexity index is 1650. The molecule has 1 atom stereocenters. The van der Waals surface area contributed by atoms with Gasteiger partial charge in [0.05, 0.1) is 10.6 Å². The lowest BCUT2D eigenvalue weighted by Crippen LogP contribution is -2.53. The average Bonchev–Trinajstić information content (AvgIpc) is 2.98. The Morgan fingerprint density at radius 3 is 2.19 bits per heavy atom. The molecule has 0 saturated heterocycles. The van der Waals surface area contributed by atoms with Gasteiger partial charge in [0.2, 0.25) is 11.8 Å². The highest BCUT2D eigenvalue weighted by Crippen LogP contribution is 2.27. The molecule has 0 spiro atoms. The molecule has 0 heterocycles. The van der Waals surface area contributed by atoms with E-state index in [1.807, 2.05) is 61.5 Å². The molecule has 0 radical (unpaired) electrons. The smallest absolute Gasteiger partial charge is 0.264 e. The molecule has 0 aliphatic rings. The summed E-state index contributed by atoms with van der Waals surface area (Å²) in [5.74, 6) is -0.909. The van der Waals surface area contributed by atoms with Gasteiger partial charge in [0, 0.05) is 29.5 Å². The van der Waals surface area contributed by atoms with Crippen LogP contribution in [0.3, 0.4) is 0 Å². The van der Waals surface area contributed by atoms with E-state index in [-0.39, 0.29) is 29.5 Å². The van der Waals surface area contributed by atoms with Crippen LogP contribution in [0.1, 0.15) is 16.7 Å². The third kappa shape index (κ3) is 7.79. The van der Waals surface area contributed by atoms with Crippen LogP contribution in [0.15, 0.2) is 112 Å². The highest BCUT2D eigenvalue weighted by atomic mass is 79.9. The molecule has 1 N–H and O–H groups in total. The highest BCUT2D eigenvalue weighted by molar-refractivity contribution is 9.10. The SMILES string of the molecule is CNC(=O)[C@@H](Cc1ccccc1)N(Cc1cccc(Br)c1)C(=O)CN(c1cccc(Cl)c1)S(=O)(=O)c1ccc(C)cc1. The summed E-state index contributed by atoms with van der Waals surface area (Å²) in [6.07, 6.45) is 0.238. The van der Waals surface area contributed by atoms with E-state index in [1.54, 1.807) is 30.3 Å². The number of nitrogens with zero attached hydrogens (tertiary/aromatic N) is 2. The Labute approximate surface area is 260 Å². The number of aryl methyl sites for hydroxylation is 1. The third-order valence-corrected chi connectivity index (χ3v) is 9.26. The number of amides is 2. The maximum atomic E-state index is 14.3. The number of rotatable bonds is 11. The zero-order chi connectivity index (χ0) is 30.3. The van der Waals surface area contributed by atoms with Gasteiger partial charge >= 0.3 is 0 Å². The first-order valence-corrected chi connectivity index (χ1v) is 15.8. The van der Waals surface area contributed by atoms with Crippen LogP contribution < -0.4 is 9.62 Å². The van der Waals surface area contributed by atoms with Crippen molar-refractivity contribution in [3.8, 4) is 0 Å². The molecule has 10 heteroatoms. The predicted molar refractivity (Wildman–Crippen MR) is 170 cm³/mol. The second-order valence-electron chi connectivity index (χ2n) is 9.78. The molecule has 4 rings (SSSR count). The second kappa shape index (κ2) is 14.0. The van der Waals surface area contributed by atoms with Gasteiger partial charge in [0.25, 0.3) is 10.0 Å². The van der Waals surface area contributed by atoms with Crippen molar-refractivity contribution in [1.82, 2.24) is 10.2 Å². The number of halogens is 2. The fourth-order valence-electron chi connectivity index (χ4n) is 4.55. The Morgan fingerprint density at radius 2 is 1.55 bits per heavy atom. The molecular weight excluding hydrogens is 638 g/mol. The van der Waals surface area contributed by atoms with Crippen LogP contribution in [0.4, 0.5) is 5.69 Å². The minimum atomic E-state index is -4.19. The van der Waals surface area contributed by atoms with Crippen LogP contribution in [0.5, 0.6) is 0 Å². The molecule has 218 valence electrons. The summed E-state index contributed by atoms with van der Waals surface area (Å²) in [6, 6.07) is 28.7. The van der Waals surface area contributed by atoms with Crippen molar-refractivity contribution in [3.05, 3.63) is 129 Å². The molecule has 2 amide bonds. The van der Waals surface area contributed by atoms with Crippen LogP contribution in [0.2, 0.25) is 5.02 Å². The zero-order valence-corrected chi connectivity index (χ0v) is 26.4. The minimum Gasteiger partial charge on any atom is -0.357 e. The minimum absolute atomic E-state index is 0.0338. The van der Waals surface area contributed by atoms with Gasteiger partial charge in [-0.1, -0.05) is 93.8 Å². The molecule has 4 aromatic rings. The number of likely N-dealkylation sites (N-methyl/N-ethyl adjacent to an activating group) is 1. The van der Waals surface area contributed by atoms with Crippen LogP contribution >= 0.6 is 27.5 Å². The Kier molecular flexibility index (Phi) is 10.4. The van der Waals surface area contributed by atoms with Crippen molar-refractivity contribution in [2.24, 2.45) is 0 Å². The summed E-state index contributed by atoms with van der Waals surface area (Å²) in [5.41, 5.74) is 2.76. The summed E-state index contributed by atoms with van der Waals surface area (Å²) in [4.78, 5) is 29.1. The fourth-order valence-corrected chi connectivity index (χ4v) is 6.59. The maximum Gasteiger partial charge on any atom is 0.264 e. The number of benzene rings is 4. The van der Waals surface area contributed by atoms with Gasteiger partial charge in [-0.25, -0.2) is 8.42 Å². The first-order chi connectivity index (χ1) is 20.1. The quantitative estimate of drug-likeness (QED) is 0.213. The fraction of sp³-hybridized carbons (Fsp3) is 0.188. The van der Waals surface area contributed by atoms with Gasteiger partial charge in [0.1, 0.15) is 12.6 Å². The molecule has 0 unspecified atom stereocenters. The van der Waals surface area contributed by atoms with Gasteiger partial charge in [-0.3, -0.25) is 13.9 Å². The van der Waals surface area contributed by atoms with Gasteiger partial charge < -0.3 is 10.2 Å². The summed E-state index contributed by atoms with van der Waals surface area (Å²) in [6.45, 7) is 1.39. The van der Waals surface area contributed by atoms with Crippen LogP contribution in [0.25, 0.3) is 0 Å². The first-order valence-electron chi connectivity index (χ1n) is 13.2. The van der Waals surface area contributed by atoms with Crippen LogP contribution in [-0.4, -0.2) is 44.8 Å². The molecule has 7 nitrogen and oxygen atoms in total. The van der Waals surface area contributed by atoms with Crippen molar-refractivity contribution in [2.75, 3.05) is 17.9 Å². The number of carbonyl (C=O) groups excluding carboxylic acids is 2. The normalized spacial score (nSPS) is 11.9. The molecule has 0 bridgehead atoms. The third-order valence-electron chi connectivity index (χ3n) is 6.74. The van der Waals surface area contributed by atoms with E-state index in [2.05, 4.69) is 21.2 Å². The molecule has 0 aliphatic carbocycles. The number of carbonyl (C=O) groups is 2. The van der Waals surface area contributed by atoms with Crippen LogP contribution in [0, 0.1) is 6.92 Å². The largest absolute Gasteiger partial charge is 0.357 e. The zero-order valence-electron chi connectivity index (χ0n) is 23.2.